The summed E-state index contributed by atoms with van der Waals surface area (Å²) in [5.41, 5.74) is 1.38. The van der Waals surface area contributed by atoms with Crippen molar-refractivity contribution in [3.8, 4) is 5.75 Å². The summed E-state index contributed by atoms with van der Waals surface area (Å²) in [5.74, 6) is 0.883. The lowest BCUT2D eigenvalue weighted by Crippen LogP contribution is -2.42. The van der Waals surface area contributed by atoms with Gasteiger partial charge in [-0.3, -0.25) is 0 Å². The van der Waals surface area contributed by atoms with Crippen LogP contribution in [0.4, 0.5) is 0 Å². The lowest BCUT2D eigenvalue weighted by molar-refractivity contribution is 0.171. The van der Waals surface area contributed by atoms with Crippen LogP contribution in [0.3, 0.4) is 0 Å². The van der Waals surface area contributed by atoms with Crippen LogP contribution in [0.5, 0.6) is 5.75 Å². The third-order valence-electron chi connectivity index (χ3n) is 3.23. The topological polar surface area (TPSA) is 30.5 Å². The lowest BCUT2D eigenvalue weighted by atomic mass is 10.0. The van der Waals surface area contributed by atoms with Gasteiger partial charge >= 0.3 is 0 Å². The molecule has 1 aromatic carbocycles. The number of nitrogens with one attached hydrogen (secondary N) is 1. The van der Waals surface area contributed by atoms with E-state index in [4.69, 9.17) is 9.47 Å². The third kappa shape index (κ3) is 3.59. The predicted molar refractivity (Wildman–Crippen MR) is 72.8 cm³/mol. The van der Waals surface area contributed by atoms with E-state index in [0.29, 0.717) is 6.61 Å². The zero-order valence-corrected chi connectivity index (χ0v) is 10.9. The second kappa shape index (κ2) is 6.03. The maximum Gasteiger partial charge on any atom is 0.119 e. The Morgan fingerprint density at radius 3 is 2.83 bits per heavy atom. The molecule has 1 aliphatic heterocycles. The molecule has 2 rings (SSSR count). The Kier molecular flexibility index (Phi) is 4.39. The molecule has 0 bridgehead atoms. The molecule has 1 heterocycles. The number of hydrogen-bond acceptors (Lipinski definition) is 3. The van der Waals surface area contributed by atoms with Crippen molar-refractivity contribution in [1.29, 1.82) is 0 Å². The summed E-state index contributed by atoms with van der Waals surface area (Å²) < 4.78 is 10.9. The molecule has 3 nitrogen and oxygen atoms in total. The monoisotopic (exact) mass is 247 g/mol. The highest BCUT2D eigenvalue weighted by atomic mass is 16.5. The summed E-state index contributed by atoms with van der Waals surface area (Å²) in [7, 11) is 0. The SMILES string of the molecule is C=CCOc1ccc(CNC2(C)CCOC2)cc1. The molecule has 0 aliphatic carbocycles. The fourth-order valence-electron chi connectivity index (χ4n) is 1.98. The normalized spacial score (nSPS) is 22.9. The molecule has 0 radical (unpaired) electrons. The van der Waals surface area contributed by atoms with Crippen molar-refractivity contribution in [1.82, 2.24) is 5.32 Å². The molecule has 1 aromatic rings. The van der Waals surface area contributed by atoms with E-state index >= 15 is 0 Å². The number of rotatable bonds is 6. The van der Waals surface area contributed by atoms with E-state index in [9.17, 15) is 0 Å². The zero-order chi connectivity index (χ0) is 12.8. The van der Waals surface area contributed by atoms with Gasteiger partial charge in [0.15, 0.2) is 0 Å². The zero-order valence-electron chi connectivity index (χ0n) is 10.9. The van der Waals surface area contributed by atoms with Crippen LogP contribution < -0.4 is 10.1 Å². The molecule has 1 aliphatic rings. The minimum atomic E-state index is 0.123. The summed E-state index contributed by atoms with van der Waals surface area (Å²) in [6, 6.07) is 8.16. The Hall–Kier alpha value is -1.32. The van der Waals surface area contributed by atoms with Crippen molar-refractivity contribution in [3.63, 3.8) is 0 Å². The molecule has 18 heavy (non-hydrogen) atoms. The fourth-order valence-corrected chi connectivity index (χ4v) is 1.98. The number of hydrogen-bond donors (Lipinski definition) is 1. The van der Waals surface area contributed by atoms with Gasteiger partial charge in [-0.2, -0.15) is 0 Å². The molecule has 0 aromatic heterocycles. The second-order valence-corrected chi connectivity index (χ2v) is 4.96. The summed E-state index contributed by atoms with van der Waals surface area (Å²) in [6.45, 7) is 8.91. The molecule has 1 unspecified atom stereocenters. The van der Waals surface area contributed by atoms with Crippen molar-refractivity contribution in [2.24, 2.45) is 0 Å². The van der Waals surface area contributed by atoms with Gasteiger partial charge in [0.1, 0.15) is 12.4 Å². The summed E-state index contributed by atoms with van der Waals surface area (Å²) in [4.78, 5) is 0. The molecule has 1 atom stereocenters. The van der Waals surface area contributed by atoms with Crippen molar-refractivity contribution < 1.29 is 9.47 Å². The Morgan fingerprint density at radius 2 is 2.22 bits per heavy atom. The van der Waals surface area contributed by atoms with Gasteiger partial charge in [0.25, 0.3) is 0 Å². The molecule has 1 N–H and O–H groups in total. The smallest absolute Gasteiger partial charge is 0.119 e. The van der Waals surface area contributed by atoms with Gasteiger partial charge in [0.2, 0.25) is 0 Å². The van der Waals surface area contributed by atoms with Crippen LogP contribution in [-0.4, -0.2) is 25.4 Å². The molecular weight excluding hydrogens is 226 g/mol. The summed E-state index contributed by atoms with van der Waals surface area (Å²) in [5, 5.41) is 3.55. The molecule has 1 fully saturated rings. The Balaban J connectivity index is 1.84. The fraction of sp³-hybridized carbons (Fsp3) is 0.467. The second-order valence-electron chi connectivity index (χ2n) is 4.96. The quantitative estimate of drug-likeness (QED) is 0.784. The van der Waals surface area contributed by atoms with Crippen LogP contribution in [0.1, 0.15) is 18.9 Å². The molecular formula is C15H21NO2. The molecule has 0 spiro atoms. The molecule has 0 amide bonds. The van der Waals surface area contributed by atoms with Crippen LogP contribution in [0.2, 0.25) is 0 Å². The Morgan fingerprint density at radius 1 is 1.44 bits per heavy atom. The van der Waals surface area contributed by atoms with Gasteiger partial charge in [0.05, 0.1) is 6.61 Å². The van der Waals surface area contributed by atoms with Gasteiger partial charge < -0.3 is 14.8 Å². The van der Waals surface area contributed by atoms with Crippen molar-refractivity contribution in [2.45, 2.75) is 25.4 Å². The van der Waals surface area contributed by atoms with Gasteiger partial charge in [-0.25, -0.2) is 0 Å². The van der Waals surface area contributed by atoms with Crippen molar-refractivity contribution in [2.75, 3.05) is 19.8 Å². The highest BCUT2D eigenvalue weighted by molar-refractivity contribution is 5.27. The van der Waals surface area contributed by atoms with Gasteiger partial charge in [-0.1, -0.05) is 24.8 Å². The average molecular weight is 247 g/mol. The first-order chi connectivity index (χ1) is 8.72. The van der Waals surface area contributed by atoms with Crippen LogP contribution in [-0.2, 0) is 11.3 Å². The van der Waals surface area contributed by atoms with E-state index in [-0.39, 0.29) is 5.54 Å². The van der Waals surface area contributed by atoms with Gasteiger partial charge in [-0.15, -0.1) is 0 Å². The van der Waals surface area contributed by atoms with E-state index in [1.807, 2.05) is 12.1 Å². The van der Waals surface area contributed by atoms with E-state index < -0.39 is 0 Å². The maximum atomic E-state index is 5.45. The third-order valence-corrected chi connectivity index (χ3v) is 3.23. The minimum absolute atomic E-state index is 0.123. The summed E-state index contributed by atoms with van der Waals surface area (Å²) >= 11 is 0. The number of benzene rings is 1. The highest BCUT2D eigenvalue weighted by Crippen LogP contribution is 2.19. The largest absolute Gasteiger partial charge is 0.490 e. The van der Waals surface area contributed by atoms with Gasteiger partial charge in [0, 0.05) is 18.7 Å². The molecule has 3 heteroatoms. The summed E-state index contributed by atoms with van der Waals surface area (Å²) in [6.07, 6.45) is 2.82. The van der Waals surface area contributed by atoms with Crippen LogP contribution in [0, 0.1) is 0 Å². The Bertz CT molecular complexity index is 380. The molecule has 0 saturated carbocycles. The first kappa shape index (κ1) is 13.1. The Labute approximate surface area is 109 Å². The van der Waals surface area contributed by atoms with Gasteiger partial charge in [-0.05, 0) is 31.0 Å². The predicted octanol–water partition coefficient (Wildman–Crippen LogP) is 2.52. The average Bonchev–Trinajstić information content (AvgIpc) is 2.83. The van der Waals surface area contributed by atoms with Crippen LogP contribution in [0.25, 0.3) is 0 Å². The van der Waals surface area contributed by atoms with E-state index in [2.05, 4.69) is 31.0 Å². The van der Waals surface area contributed by atoms with Crippen molar-refractivity contribution >= 4 is 0 Å². The minimum Gasteiger partial charge on any atom is -0.490 e. The van der Waals surface area contributed by atoms with E-state index in [1.54, 1.807) is 6.08 Å². The maximum absolute atomic E-state index is 5.45. The lowest BCUT2D eigenvalue weighted by Gasteiger charge is -2.23. The van der Waals surface area contributed by atoms with Crippen LogP contribution >= 0.6 is 0 Å². The highest BCUT2D eigenvalue weighted by Gasteiger charge is 2.28. The van der Waals surface area contributed by atoms with E-state index in [1.165, 1.54) is 5.56 Å². The first-order valence-electron chi connectivity index (χ1n) is 6.37. The van der Waals surface area contributed by atoms with Crippen LogP contribution in [0.15, 0.2) is 36.9 Å². The first-order valence-corrected chi connectivity index (χ1v) is 6.37. The molecule has 1 saturated heterocycles. The number of ether oxygens (including phenoxy) is 2. The molecule has 98 valence electrons. The standard InChI is InChI=1S/C15H21NO2/c1-3-9-18-14-6-4-13(5-7-14)11-16-15(2)8-10-17-12-15/h3-7,16H,1,8-12H2,2H3. The van der Waals surface area contributed by atoms with Crippen molar-refractivity contribution in [3.05, 3.63) is 42.5 Å². The van der Waals surface area contributed by atoms with E-state index in [0.717, 1.165) is 31.9 Å².